The van der Waals surface area contributed by atoms with Crippen molar-refractivity contribution in [1.29, 1.82) is 0 Å². The molecule has 2 N–H and O–H groups in total. The lowest BCUT2D eigenvalue weighted by atomic mass is 9.85. The highest BCUT2D eigenvalue weighted by molar-refractivity contribution is 5.74. The molecular weight excluding hydrogens is 166 g/mol. The van der Waals surface area contributed by atoms with Crippen LogP contribution in [0.1, 0.15) is 26.7 Å². The Kier molecular flexibility index (Phi) is 3.31. The van der Waals surface area contributed by atoms with Crippen LogP contribution in [0, 0.1) is 17.8 Å². The van der Waals surface area contributed by atoms with E-state index in [0.717, 1.165) is 12.8 Å². The Hall–Kier alpha value is -0.570. The third-order valence-corrected chi connectivity index (χ3v) is 3.09. The second-order valence-corrected chi connectivity index (χ2v) is 4.20. The first-order valence-corrected chi connectivity index (χ1v) is 4.91. The molecule has 0 aromatic carbocycles. The van der Waals surface area contributed by atoms with Crippen molar-refractivity contribution in [3.05, 3.63) is 0 Å². The van der Waals surface area contributed by atoms with Crippen LogP contribution in [0.5, 0.6) is 0 Å². The third-order valence-electron chi connectivity index (χ3n) is 3.09. The Bertz CT molecular complexity index is 191. The highest BCUT2D eigenvalue weighted by Crippen LogP contribution is 2.36. The summed E-state index contributed by atoms with van der Waals surface area (Å²) in [5.41, 5.74) is 5.88. The molecule has 0 bridgehead atoms. The Morgan fingerprint density at radius 1 is 1.46 bits per heavy atom. The van der Waals surface area contributed by atoms with Gasteiger partial charge in [0.1, 0.15) is 0 Å². The number of carbonyl (C=O) groups excluding carboxylic acids is 1. The predicted molar refractivity (Wildman–Crippen MR) is 51.0 cm³/mol. The molecule has 0 heterocycles. The van der Waals surface area contributed by atoms with Gasteiger partial charge in [0.15, 0.2) is 0 Å². The van der Waals surface area contributed by atoms with E-state index in [1.54, 1.807) is 0 Å². The summed E-state index contributed by atoms with van der Waals surface area (Å²) in [6, 6.07) is -0.000139. The quantitative estimate of drug-likeness (QED) is 0.657. The molecule has 1 saturated carbocycles. The lowest BCUT2D eigenvalue weighted by Crippen LogP contribution is -2.36. The molecule has 0 saturated heterocycles. The smallest absolute Gasteiger partial charge is 0.310 e. The number of methoxy groups -OCH3 is 1. The van der Waals surface area contributed by atoms with E-state index in [0.29, 0.717) is 11.8 Å². The molecule has 1 aliphatic carbocycles. The van der Waals surface area contributed by atoms with Gasteiger partial charge in [0.25, 0.3) is 0 Å². The van der Waals surface area contributed by atoms with Crippen LogP contribution in [0.2, 0.25) is 0 Å². The van der Waals surface area contributed by atoms with Crippen molar-refractivity contribution in [3.8, 4) is 0 Å². The Balaban J connectivity index is 2.71. The number of esters is 1. The number of hydrogen-bond donors (Lipinski definition) is 1. The van der Waals surface area contributed by atoms with Crippen LogP contribution in [-0.4, -0.2) is 19.1 Å². The van der Waals surface area contributed by atoms with Crippen molar-refractivity contribution < 1.29 is 9.53 Å². The van der Waals surface area contributed by atoms with Gasteiger partial charge in [0.2, 0.25) is 0 Å². The highest BCUT2D eigenvalue weighted by Gasteiger charge is 2.40. The van der Waals surface area contributed by atoms with Crippen LogP contribution >= 0.6 is 0 Å². The minimum atomic E-state index is -0.135. The molecule has 13 heavy (non-hydrogen) atoms. The predicted octanol–water partition coefficient (Wildman–Crippen LogP) is 1.17. The average Bonchev–Trinajstić information content (AvgIpc) is 2.46. The van der Waals surface area contributed by atoms with Crippen LogP contribution < -0.4 is 5.73 Å². The standard InChI is InChI=1S/C10H19NO2/c1-6(2)7-4-5-8(11)9(7)10(12)13-3/h6-9H,4-5,11H2,1-3H3/t7-,8+,9-/m1/s1. The Labute approximate surface area is 79.6 Å². The summed E-state index contributed by atoms with van der Waals surface area (Å²) in [6.45, 7) is 4.28. The van der Waals surface area contributed by atoms with Crippen molar-refractivity contribution in [3.63, 3.8) is 0 Å². The van der Waals surface area contributed by atoms with Gasteiger partial charge < -0.3 is 10.5 Å². The number of hydrogen-bond acceptors (Lipinski definition) is 3. The van der Waals surface area contributed by atoms with Crippen LogP contribution in [0.15, 0.2) is 0 Å². The molecule has 1 fully saturated rings. The van der Waals surface area contributed by atoms with Crippen molar-refractivity contribution in [2.45, 2.75) is 32.7 Å². The number of nitrogens with two attached hydrogens (primary N) is 1. The second-order valence-electron chi connectivity index (χ2n) is 4.20. The fraction of sp³-hybridized carbons (Fsp3) is 0.900. The summed E-state index contributed by atoms with van der Waals surface area (Å²) < 4.78 is 4.77. The van der Waals surface area contributed by atoms with Crippen LogP contribution in [-0.2, 0) is 9.53 Å². The third kappa shape index (κ3) is 2.02. The molecule has 3 heteroatoms. The first-order chi connectivity index (χ1) is 6.07. The maximum Gasteiger partial charge on any atom is 0.310 e. The minimum Gasteiger partial charge on any atom is -0.469 e. The van der Waals surface area contributed by atoms with Gasteiger partial charge in [-0.05, 0) is 24.7 Å². The molecule has 0 aromatic heterocycles. The molecule has 1 aliphatic rings. The molecule has 1 rings (SSSR count). The van der Waals surface area contributed by atoms with E-state index < -0.39 is 0 Å². The summed E-state index contributed by atoms with van der Waals surface area (Å²) in [5, 5.41) is 0. The van der Waals surface area contributed by atoms with Gasteiger partial charge in [0.05, 0.1) is 13.0 Å². The van der Waals surface area contributed by atoms with Gasteiger partial charge in [-0.1, -0.05) is 13.8 Å². The summed E-state index contributed by atoms with van der Waals surface area (Å²) >= 11 is 0. The van der Waals surface area contributed by atoms with E-state index in [1.165, 1.54) is 7.11 Å². The number of carbonyl (C=O) groups is 1. The molecule has 0 spiro atoms. The Morgan fingerprint density at radius 3 is 2.54 bits per heavy atom. The fourth-order valence-corrected chi connectivity index (χ4v) is 2.30. The lowest BCUT2D eigenvalue weighted by Gasteiger charge is -2.23. The molecule has 0 aliphatic heterocycles. The van der Waals surface area contributed by atoms with Crippen LogP contribution in [0.4, 0.5) is 0 Å². The fourth-order valence-electron chi connectivity index (χ4n) is 2.30. The maximum absolute atomic E-state index is 11.4. The number of rotatable bonds is 2. The SMILES string of the molecule is COC(=O)[C@@H]1[C@@H](C(C)C)CC[C@@H]1N. The minimum absolute atomic E-state index is 0.000139. The summed E-state index contributed by atoms with van der Waals surface area (Å²) in [6.07, 6.45) is 2.00. The van der Waals surface area contributed by atoms with E-state index >= 15 is 0 Å². The van der Waals surface area contributed by atoms with Gasteiger partial charge >= 0.3 is 5.97 Å². The van der Waals surface area contributed by atoms with Crippen molar-refractivity contribution in [2.24, 2.45) is 23.5 Å². The van der Waals surface area contributed by atoms with E-state index in [9.17, 15) is 4.79 Å². The van der Waals surface area contributed by atoms with Gasteiger partial charge in [-0.25, -0.2) is 0 Å². The lowest BCUT2D eigenvalue weighted by molar-refractivity contribution is -0.147. The normalized spacial score (nSPS) is 33.8. The van der Waals surface area contributed by atoms with Gasteiger partial charge in [0, 0.05) is 6.04 Å². The first-order valence-electron chi connectivity index (χ1n) is 4.91. The van der Waals surface area contributed by atoms with Crippen molar-refractivity contribution in [2.75, 3.05) is 7.11 Å². The molecular formula is C10H19NO2. The second kappa shape index (κ2) is 4.09. The summed E-state index contributed by atoms with van der Waals surface area (Å²) in [5.74, 6) is 0.703. The monoisotopic (exact) mass is 185 g/mol. The molecule has 0 unspecified atom stereocenters. The molecule has 3 nitrogen and oxygen atoms in total. The van der Waals surface area contributed by atoms with Gasteiger partial charge in [-0.3, -0.25) is 4.79 Å². The zero-order valence-electron chi connectivity index (χ0n) is 8.62. The maximum atomic E-state index is 11.4. The summed E-state index contributed by atoms with van der Waals surface area (Å²) in [4.78, 5) is 11.4. The first kappa shape index (κ1) is 10.5. The van der Waals surface area contributed by atoms with Crippen LogP contribution in [0.25, 0.3) is 0 Å². The molecule has 0 radical (unpaired) electrons. The van der Waals surface area contributed by atoms with E-state index in [4.69, 9.17) is 10.5 Å². The molecule has 76 valence electrons. The topological polar surface area (TPSA) is 52.3 Å². The molecule has 0 amide bonds. The average molecular weight is 185 g/mol. The molecule has 3 atom stereocenters. The van der Waals surface area contributed by atoms with Gasteiger partial charge in [-0.15, -0.1) is 0 Å². The van der Waals surface area contributed by atoms with E-state index in [1.807, 2.05) is 0 Å². The largest absolute Gasteiger partial charge is 0.469 e. The zero-order chi connectivity index (χ0) is 10.0. The van der Waals surface area contributed by atoms with Gasteiger partial charge in [-0.2, -0.15) is 0 Å². The number of ether oxygens (including phenoxy) is 1. The zero-order valence-corrected chi connectivity index (χ0v) is 8.62. The Morgan fingerprint density at radius 2 is 2.08 bits per heavy atom. The van der Waals surface area contributed by atoms with E-state index in [-0.39, 0.29) is 17.9 Å². The highest BCUT2D eigenvalue weighted by atomic mass is 16.5. The van der Waals surface area contributed by atoms with Crippen molar-refractivity contribution in [1.82, 2.24) is 0 Å². The van der Waals surface area contributed by atoms with Crippen LogP contribution in [0.3, 0.4) is 0 Å². The van der Waals surface area contributed by atoms with Crippen molar-refractivity contribution >= 4 is 5.97 Å². The summed E-state index contributed by atoms with van der Waals surface area (Å²) in [7, 11) is 1.44. The molecule has 0 aromatic rings. The van der Waals surface area contributed by atoms with E-state index in [2.05, 4.69) is 13.8 Å².